The topological polar surface area (TPSA) is 55.4 Å². The third kappa shape index (κ3) is 4.96. The molecule has 1 unspecified atom stereocenters. The summed E-state index contributed by atoms with van der Waals surface area (Å²) in [7, 11) is -1.90. The maximum Gasteiger partial charge on any atom is 0.216 e. The number of ether oxygens (including phenoxy) is 1. The lowest BCUT2D eigenvalue weighted by Gasteiger charge is -2.18. The van der Waals surface area contributed by atoms with Crippen LogP contribution in [0.1, 0.15) is 30.5 Å². The van der Waals surface area contributed by atoms with Crippen LogP contribution < -0.4 is 9.46 Å². The van der Waals surface area contributed by atoms with Crippen molar-refractivity contribution in [3.05, 3.63) is 64.7 Å². The summed E-state index contributed by atoms with van der Waals surface area (Å²) >= 11 is 6.04. The second kappa shape index (κ2) is 7.81. The van der Waals surface area contributed by atoms with Gasteiger partial charge >= 0.3 is 0 Å². The average molecular weight is 354 g/mol. The van der Waals surface area contributed by atoms with E-state index in [2.05, 4.69) is 4.72 Å². The molecular weight excluding hydrogens is 334 g/mol. The summed E-state index contributed by atoms with van der Waals surface area (Å²) in [6.07, 6.45) is 0.647. The summed E-state index contributed by atoms with van der Waals surface area (Å²) in [5.74, 6) is 0.599. The van der Waals surface area contributed by atoms with Crippen LogP contribution in [0.3, 0.4) is 0 Å². The molecule has 0 fully saturated rings. The van der Waals surface area contributed by atoms with Gasteiger partial charge in [-0.05, 0) is 35.7 Å². The molecule has 0 amide bonds. The van der Waals surface area contributed by atoms with Crippen molar-refractivity contribution in [3.8, 4) is 5.75 Å². The summed E-state index contributed by atoms with van der Waals surface area (Å²) in [6, 6.07) is 14.0. The molecule has 0 aliphatic rings. The Morgan fingerprint density at radius 3 is 2.35 bits per heavy atom. The molecule has 1 atom stereocenters. The van der Waals surface area contributed by atoms with Crippen molar-refractivity contribution >= 4 is 21.6 Å². The Bertz CT molecular complexity index is 745. The second-order valence-corrected chi connectivity index (χ2v) is 7.36. The summed E-state index contributed by atoms with van der Waals surface area (Å²) in [5.41, 5.74) is 1.49. The van der Waals surface area contributed by atoms with Gasteiger partial charge in [-0.1, -0.05) is 48.9 Å². The fraction of sp³-hybridized carbons (Fsp3) is 0.294. The number of sulfonamides is 1. The van der Waals surface area contributed by atoms with Gasteiger partial charge in [0.05, 0.1) is 12.9 Å². The van der Waals surface area contributed by atoms with Crippen LogP contribution in [-0.2, 0) is 15.8 Å². The molecule has 2 aromatic carbocycles. The molecule has 0 heterocycles. The largest absolute Gasteiger partial charge is 0.497 e. The standard InChI is InChI=1S/C17H20ClNO3S/c1-3-17(13-8-10-15(22-2)11-9-13)19-23(20,21)12-14-6-4-5-7-16(14)18/h4-11,17,19H,3,12H2,1-2H3. The lowest BCUT2D eigenvalue weighted by molar-refractivity contribution is 0.414. The van der Waals surface area contributed by atoms with Crippen LogP contribution in [0.4, 0.5) is 0 Å². The molecule has 0 radical (unpaired) electrons. The SMILES string of the molecule is CCC(NS(=O)(=O)Cc1ccccc1Cl)c1ccc(OC)cc1. The number of nitrogens with one attached hydrogen (secondary N) is 1. The lowest BCUT2D eigenvalue weighted by atomic mass is 10.1. The van der Waals surface area contributed by atoms with Gasteiger partial charge in [0, 0.05) is 11.1 Å². The molecule has 0 saturated carbocycles. The highest BCUT2D eigenvalue weighted by molar-refractivity contribution is 7.88. The number of halogens is 1. The Morgan fingerprint density at radius 2 is 1.78 bits per heavy atom. The quantitative estimate of drug-likeness (QED) is 0.820. The molecule has 0 aromatic heterocycles. The molecule has 0 aliphatic carbocycles. The maximum absolute atomic E-state index is 12.4. The molecule has 124 valence electrons. The minimum Gasteiger partial charge on any atom is -0.497 e. The molecular formula is C17H20ClNO3S. The zero-order chi connectivity index (χ0) is 16.9. The van der Waals surface area contributed by atoms with E-state index in [1.54, 1.807) is 31.4 Å². The number of benzene rings is 2. The molecule has 0 aliphatic heterocycles. The van der Waals surface area contributed by atoms with Crippen molar-refractivity contribution < 1.29 is 13.2 Å². The Balaban J connectivity index is 2.14. The van der Waals surface area contributed by atoms with Gasteiger partial charge in [-0.25, -0.2) is 13.1 Å². The van der Waals surface area contributed by atoms with E-state index >= 15 is 0 Å². The van der Waals surface area contributed by atoms with Crippen molar-refractivity contribution in [2.24, 2.45) is 0 Å². The predicted molar refractivity (Wildman–Crippen MR) is 93.2 cm³/mol. The summed E-state index contributed by atoms with van der Waals surface area (Å²) in [4.78, 5) is 0. The van der Waals surface area contributed by atoms with Crippen molar-refractivity contribution in [2.75, 3.05) is 7.11 Å². The minimum atomic E-state index is -3.50. The van der Waals surface area contributed by atoms with Crippen molar-refractivity contribution in [1.29, 1.82) is 0 Å². The smallest absolute Gasteiger partial charge is 0.216 e. The number of hydrogen-bond acceptors (Lipinski definition) is 3. The van der Waals surface area contributed by atoms with Crippen molar-refractivity contribution in [3.63, 3.8) is 0 Å². The van der Waals surface area contributed by atoms with Gasteiger partial charge in [-0.3, -0.25) is 0 Å². The summed E-state index contributed by atoms with van der Waals surface area (Å²) < 4.78 is 32.7. The van der Waals surface area contributed by atoms with Crippen molar-refractivity contribution in [2.45, 2.75) is 25.1 Å². The van der Waals surface area contributed by atoms with E-state index in [1.807, 2.05) is 31.2 Å². The molecule has 6 heteroatoms. The van der Waals surface area contributed by atoms with Crippen LogP contribution in [0.2, 0.25) is 5.02 Å². The zero-order valence-corrected chi connectivity index (χ0v) is 14.7. The highest BCUT2D eigenvalue weighted by Crippen LogP contribution is 2.23. The first-order valence-electron chi connectivity index (χ1n) is 7.32. The maximum atomic E-state index is 12.4. The first-order valence-corrected chi connectivity index (χ1v) is 9.35. The molecule has 23 heavy (non-hydrogen) atoms. The molecule has 4 nitrogen and oxygen atoms in total. The van der Waals surface area contributed by atoms with Gasteiger partial charge in [0.25, 0.3) is 0 Å². The van der Waals surface area contributed by atoms with E-state index in [0.29, 0.717) is 17.0 Å². The first-order chi connectivity index (χ1) is 10.9. The van der Waals surface area contributed by atoms with E-state index in [-0.39, 0.29) is 11.8 Å². The molecule has 2 rings (SSSR count). The summed E-state index contributed by atoms with van der Waals surface area (Å²) in [6.45, 7) is 1.94. The monoisotopic (exact) mass is 353 g/mol. The van der Waals surface area contributed by atoms with Crippen molar-refractivity contribution in [1.82, 2.24) is 4.72 Å². The average Bonchev–Trinajstić information content (AvgIpc) is 2.55. The van der Waals surface area contributed by atoms with Crippen LogP contribution in [0.25, 0.3) is 0 Å². The van der Waals surface area contributed by atoms with Gasteiger partial charge in [-0.15, -0.1) is 0 Å². The van der Waals surface area contributed by atoms with E-state index in [4.69, 9.17) is 16.3 Å². The number of rotatable bonds is 7. The molecule has 0 spiro atoms. The van der Waals surface area contributed by atoms with E-state index in [9.17, 15) is 8.42 Å². The molecule has 1 N–H and O–H groups in total. The van der Waals surface area contributed by atoms with E-state index in [0.717, 1.165) is 11.3 Å². The van der Waals surface area contributed by atoms with Gasteiger partial charge in [0.15, 0.2) is 0 Å². The van der Waals surface area contributed by atoms with Gasteiger partial charge in [0.1, 0.15) is 5.75 Å². The fourth-order valence-electron chi connectivity index (χ4n) is 2.30. The molecule has 2 aromatic rings. The van der Waals surface area contributed by atoms with Crippen LogP contribution in [0.5, 0.6) is 5.75 Å². The molecule has 0 saturated heterocycles. The van der Waals surface area contributed by atoms with Crippen LogP contribution in [-0.4, -0.2) is 15.5 Å². The van der Waals surface area contributed by atoms with Gasteiger partial charge in [0.2, 0.25) is 10.0 Å². The first kappa shape index (κ1) is 17.8. The third-order valence-electron chi connectivity index (χ3n) is 3.55. The molecule has 0 bridgehead atoms. The second-order valence-electron chi connectivity index (χ2n) is 5.20. The fourth-order valence-corrected chi connectivity index (χ4v) is 4.06. The number of hydrogen-bond donors (Lipinski definition) is 1. The third-order valence-corrected chi connectivity index (χ3v) is 5.26. The Morgan fingerprint density at radius 1 is 1.13 bits per heavy atom. The zero-order valence-electron chi connectivity index (χ0n) is 13.1. The number of methoxy groups -OCH3 is 1. The normalized spacial score (nSPS) is 12.8. The van der Waals surface area contributed by atoms with Gasteiger partial charge in [-0.2, -0.15) is 0 Å². The highest BCUT2D eigenvalue weighted by atomic mass is 35.5. The lowest BCUT2D eigenvalue weighted by Crippen LogP contribution is -2.29. The van der Waals surface area contributed by atoms with Crippen LogP contribution >= 0.6 is 11.6 Å². The van der Waals surface area contributed by atoms with E-state index in [1.165, 1.54) is 0 Å². The minimum absolute atomic E-state index is 0.140. The summed E-state index contributed by atoms with van der Waals surface area (Å²) in [5, 5.41) is 0.454. The van der Waals surface area contributed by atoms with Crippen LogP contribution in [0, 0.1) is 0 Å². The predicted octanol–water partition coefficient (Wildman–Crippen LogP) is 3.92. The van der Waals surface area contributed by atoms with E-state index < -0.39 is 10.0 Å². The Hall–Kier alpha value is -1.56. The Kier molecular flexibility index (Phi) is 6.04. The van der Waals surface area contributed by atoms with Gasteiger partial charge < -0.3 is 4.74 Å². The highest BCUT2D eigenvalue weighted by Gasteiger charge is 2.19. The van der Waals surface area contributed by atoms with Crippen LogP contribution in [0.15, 0.2) is 48.5 Å². The Labute approximate surface area is 142 Å².